The predicted molar refractivity (Wildman–Crippen MR) is 267 cm³/mol. The summed E-state index contributed by atoms with van der Waals surface area (Å²) >= 11 is 0. The highest BCUT2D eigenvalue weighted by atomic mass is 31.2. The third kappa shape index (κ3) is 44.9. The van der Waals surface area contributed by atoms with E-state index in [0.717, 1.165) is 116 Å². The van der Waals surface area contributed by atoms with Gasteiger partial charge in [-0.3, -0.25) is 13.8 Å². The van der Waals surface area contributed by atoms with E-state index in [0.29, 0.717) is 23.9 Å². The molecule has 352 valence electrons. The molecule has 0 saturated carbocycles. The van der Waals surface area contributed by atoms with E-state index in [2.05, 4.69) is 141 Å². The SMILES string of the molecule is CC/C=C\C/C=C\C/C=C\C/C=C\C/C=C\C/C=C\C/C=C\C/C=C\C/C=C\C/C=C\CCCCCCCCC(=O)NC(COP(=O)(O)OCC[N+](C)(C)C)C(O)CCCCC. The number of allylic oxidation sites excluding steroid dienone is 20. The number of phosphoric acid groups is 1. The van der Waals surface area contributed by atoms with Gasteiger partial charge in [-0.05, 0) is 89.9 Å². The molecule has 0 aromatic rings. The van der Waals surface area contributed by atoms with Gasteiger partial charge >= 0.3 is 7.82 Å². The van der Waals surface area contributed by atoms with Gasteiger partial charge in [-0.1, -0.05) is 180 Å². The van der Waals surface area contributed by atoms with Crippen molar-refractivity contribution in [1.82, 2.24) is 5.32 Å². The molecule has 0 aromatic heterocycles. The summed E-state index contributed by atoms with van der Waals surface area (Å²) < 4.78 is 23.3. The van der Waals surface area contributed by atoms with Gasteiger partial charge < -0.3 is 19.8 Å². The van der Waals surface area contributed by atoms with E-state index in [1.807, 2.05) is 21.1 Å². The molecule has 0 spiro atoms. The zero-order chi connectivity index (χ0) is 45.7. The van der Waals surface area contributed by atoms with Gasteiger partial charge in [-0.15, -0.1) is 0 Å². The van der Waals surface area contributed by atoms with Crippen LogP contribution >= 0.6 is 7.82 Å². The summed E-state index contributed by atoms with van der Waals surface area (Å²) in [6.07, 6.45) is 64.8. The quantitative estimate of drug-likeness (QED) is 0.0244. The average molecular weight is 882 g/mol. The summed E-state index contributed by atoms with van der Waals surface area (Å²) in [5, 5.41) is 13.6. The predicted octanol–water partition coefficient (Wildman–Crippen LogP) is 13.9. The lowest BCUT2D eigenvalue weighted by molar-refractivity contribution is -0.870. The number of phosphoric ester groups is 1. The Hall–Kier alpha value is -3.10. The van der Waals surface area contributed by atoms with Crippen molar-refractivity contribution in [2.45, 2.75) is 167 Å². The highest BCUT2D eigenvalue weighted by Gasteiger charge is 2.28. The zero-order valence-electron chi connectivity index (χ0n) is 39.8. The van der Waals surface area contributed by atoms with Gasteiger partial charge in [0, 0.05) is 6.42 Å². The van der Waals surface area contributed by atoms with E-state index in [4.69, 9.17) is 9.05 Å². The molecule has 0 aromatic carbocycles. The number of carbonyl (C=O) groups is 1. The minimum absolute atomic E-state index is 0.0630. The van der Waals surface area contributed by atoms with Crippen molar-refractivity contribution < 1.29 is 32.9 Å². The number of nitrogens with zero attached hydrogens (tertiary/aromatic N) is 1. The minimum atomic E-state index is -4.30. The Morgan fingerprint density at radius 1 is 0.565 bits per heavy atom. The molecular weight excluding hydrogens is 792 g/mol. The molecule has 1 amide bonds. The van der Waals surface area contributed by atoms with Crippen molar-refractivity contribution >= 4 is 13.7 Å². The van der Waals surface area contributed by atoms with Gasteiger partial charge in [0.1, 0.15) is 13.2 Å². The molecule has 3 unspecified atom stereocenters. The lowest BCUT2D eigenvalue weighted by Gasteiger charge is -2.26. The van der Waals surface area contributed by atoms with Crippen LogP contribution in [-0.4, -0.2) is 73.4 Å². The molecule has 0 aliphatic heterocycles. The molecule has 0 aliphatic carbocycles. The van der Waals surface area contributed by atoms with Gasteiger partial charge in [0.05, 0.1) is 39.9 Å². The Morgan fingerprint density at radius 2 is 0.968 bits per heavy atom. The number of nitrogens with one attached hydrogen (secondary N) is 1. The van der Waals surface area contributed by atoms with Crippen LogP contribution in [0.15, 0.2) is 122 Å². The Bertz CT molecular complexity index is 1410. The second kappa shape index (κ2) is 43.2. The van der Waals surface area contributed by atoms with Crippen LogP contribution in [0, 0.1) is 0 Å². The van der Waals surface area contributed by atoms with Crippen LogP contribution in [-0.2, 0) is 18.4 Å². The van der Waals surface area contributed by atoms with Crippen LogP contribution in [0.5, 0.6) is 0 Å². The third-order valence-electron chi connectivity index (χ3n) is 9.72. The van der Waals surface area contributed by atoms with Crippen molar-refractivity contribution in [3.63, 3.8) is 0 Å². The van der Waals surface area contributed by atoms with Crippen LogP contribution in [0.2, 0.25) is 0 Å². The van der Waals surface area contributed by atoms with E-state index < -0.39 is 20.0 Å². The molecule has 0 saturated heterocycles. The van der Waals surface area contributed by atoms with E-state index in [9.17, 15) is 19.4 Å². The number of amides is 1. The van der Waals surface area contributed by atoms with E-state index in [1.165, 1.54) is 12.8 Å². The Morgan fingerprint density at radius 3 is 1.39 bits per heavy atom. The standard InChI is InChI=1S/C53H89N2O6P/c1-6-8-10-11-12-13-14-15-16-17-18-19-20-21-22-23-24-25-26-27-28-29-30-31-32-33-34-35-36-37-38-39-40-41-42-43-45-47-53(57)54-51(52(56)46-44-9-7-2)50-61-62(58,59)60-49-48-55(3,4)5/h8,10,12-13,15-16,18-19,21-22,24-25,27-28,30-31,33-34,36-37,51-52,56H,6-7,9,11,14,17,20,23,26,29,32,35,38-50H2,1-5H3,(H-,54,57,58,59)/p+1/b10-8-,13-12-,16-15-,19-18-,22-21-,25-24-,28-27-,31-30-,34-33-,37-36-. The molecule has 0 bridgehead atoms. The first-order valence-corrected chi connectivity index (χ1v) is 25.4. The number of quaternary nitrogens is 1. The number of carbonyl (C=O) groups excluding carboxylic acids is 1. The van der Waals surface area contributed by atoms with Crippen LogP contribution in [0.4, 0.5) is 0 Å². The first kappa shape index (κ1) is 58.9. The van der Waals surface area contributed by atoms with E-state index >= 15 is 0 Å². The number of aliphatic hydroxyl groups is 1. The van der Waals surface area contributed by atoms with Gasteiger partial charge in [0.15, 0.2) is 0 Å². The summed E-state index contributed by atoms with van der Waals surface area (Å²) in [7, 11) is 1.57. The minimum Gasteiger partial charge on any atom is -0.391 e. The molecule has 0 heterocycles. The van der Waals surface area contributed by atoms with Crippen molar-refractivity contribution in [3.05, 3.63) is 122 Å². The van der Waals surface area contributed by atoms with Gasteiger partial charge in [0.25, 0.3) is 0 Å². The normalized spacial score (nSPS) is 15.3. The maximum Gasteiger partial charge on any atom is 0.472 e. The fraction of sp³-hybridized carbons (Fsp3) is 0.604. The number of hydrogen-bond donors (Lipinski definition) is 3. The molecule has 0 rings (SSSR count). The maximum atomic E-state index is 12.7. The van der Waals surface area contributed by atoms with Gasteiger partial charge in [-0.2, -0.15) is 0 Å². The third-order valence-corrected chi connectivity index (χ3v) is 10.7. The molecule has 0 aliphatic rings. The Kier molecular flexibility index (Phi) is 41.0. The monoisotopic (exact) mass is 882 g/mol. The first-order valence-electron chi connectivity index (χ1n) is 23.9. The van der Waals surface area contributed by atoms with Gasteiger partial charge in [0.2, 0.25) is 5.91 Å². The Balaban J connectivity index is 3.95. The summed E-state index contributed by atoms with van der Waals surface area (Å²) in [6.45, 7) is 4.55. The van der Waals surface area contributed by atoms with Crippen molar-refractivity contribution in [2.24, 2.45) is 0 Å². The lowest BCUT2D eigenvalue weighted by atomic mass is 10.0. The number of likely N-dealkylation sites (N-methyl/N-ethyl adjacent to an activating group) is 1. The van der Waals surface area contributed by atoms with Gasteiger partial charge in [-0.25, -0.2) is 4.57 Å². The summed E-state index contributed by atoms with van der Waals surface area (Å²) in [4.78, 5) is 22.8. The lowest BCUT2D eigenvalue weighted by Crippen LogP contribution is -2.46. The van der Waals surface area contributed by atoms with Crippen LogP contribution in [0.25, 0.3) is 0 Å². The fourth-order valence-electron chi connectivity index (χ4n) is 5.95. The van der Waals surface area contributed by atoms with Crippen LogP contribution < -0.4 is 5.32 Å². The first-order chi connectivity index (χ1) is 30.0. The maximum absolute atomic E-state index is 12.7. The van der Waals surface area contributed by atoms with Crippen molar-refractivity contribution in [3.8, 4) is 0 Å². The smallest absolute Gasteiger partial charge is 0.391 e. The molecular formula is C53H90N2O6P+. The number of hydrogen-bond acceptors (Lipinski definition) is 5. The number of rotatable bonds is 41. The molecule has 9 heteroatoms. The highest BCUT2D eigenvalue weighted by molar-refractivity contribution is 7.47. The van der Waals surface area contributed by atoms with Crippen LogP contribution in [0.1, 0.15) is 155 Å². The van der Waals surface area contributed by atoms with Crippen LogP contribution in [0.3, 0.4) is 0 Å². The summed E-state index contributed by atoms with van der Waals surface area (Å²) in [6, 6.07) is -0.772. The summed E-state index contributed by atoms with van der Waals surface area (Å²) in [5.74, 6) is -0.178. The number of aliphatic hydroxyl groups excluding tert-OH is 1. The van der Waals surface area contributed by atoms with Crippen molar-refractivity contribution in [1.29, 1.82) is 0 Å². The highest BCUT2D eigenvalue weighted by Crippen LogP contribution is 2.43. The summed E-state index contributed by atoms with van der Waals surface area (Å²) in [5.41, 5.74) is 0. The average Bonchev–Trinajstić information content (AvgIpc) is 3.23. The molecule has 0 radical (unpaired) electrons. The van der Waals surface area contributed by atoms with Crippen molar-refractivity contribution in [2.75, 3.05) is 40.9 Å². The van der Waals surface area contributed by atoms with E-state index in [1.54, 1.807) is 0 Å². The topological polar surface area (TPSA) is 105 Å². The second-order valence-electron chi connectivity index (χ2n) is 16.8. The second-order valence-corrected chi connectivity index (χ2v) is 18.2. The number of unbranched alkanes of at least 4 members (excludes halogenated alkanes) is 8. The van der Waals surface area contributed by atoms with E-state index in [-0.39, 0.29) is 19.1 Å². The molecule has 8 nitrogen and oxygen atoms in total. The molecule has 0 fully saturated rings. The zero-order valence-corrected chi connectivity index (χ0v) is 40.7. The molecule has 3 N–H and O–H groups in total. The largest absolute Gasteiger partial charge is 0.472 e. The Labute approximate surface area is 380 Å². The molecule has 62 heavy (non-hydrogen) atoms. The molecule has 3 atom stereocenters. The fourth-order valence-corrected chi connectivity index (χ4v) is 6.69.